The van der Waals surface area contributed by atoms with Crippen LogP contribution in [0.25, 0.3) is 5.57 Å². The Hall–Kier alpha value is -1.12. The third kappa shape index (κ3) is 3.44. The maximum absolute atomic E-state index is 6.13. The lowest BCUT2D eigenvalue weighted by molar-refractivity contribution is 0.259. The van der Waals surface area contributed by atoms with Crippen LogP contribution in [0.1, 0.15) is 25.8 Å². The summed E-state index contributed by atoms with van der Waals surface area (Å²) in [6, 6.07) is 11.0. The highest BCUT2D eigenvalue weighted by atomic mass is 15.1. The van der Waals surface area contributed by atoms with Gasteiger partial charge in [0.25, 0.3) is 0 Å². The molecule has 0 fully saturated rings. The summed E-state index contributed by atoms with van der Waals surface area (Å²) < 4.78 is 0. The summed E-state index contributed by atoms with van der Waals surface area (Å²) in [5, 5.41) is 0. The van der Waals surface area contributed by atoms with Gasteiger partial charge in [-0.05, 0) is 23.5 Å². The number of rotatable bonds is 4. The fourth-order valence-corrected chi connectivity index (χ4v) is 2.30. The van der Waals surface area contributed by atoms with Gasteiger partial charge in [-0.1, -0.05) is 50.3 Å². The molecule has 0 aliphatic carbocycles. The van der Waals surface area contributed by atoms with Crippen LogP contribution in [0.2, 0.25) is 0 Å². The zero-order valence-electron chi connectivity index (χ0n) is 11.5. The average molecular weight is 244 g/mol. The van der Waals surface area contributed by atoms with Gasteiger partial charge in [-0.25, -0.2) is 0 Å². The van der Waals surface area contributed by atoms with E-state index in [1.54, 1.807) is 0 Å². The van der Waals surface area contributed by atoms with Gasteiger partial charge in [0.1, 0.15) is 0 Å². The van der Waals surface area contributed by atoms with Crippen LogP contribution in [0, 0.1) is 5.92 Å². The van der Waals surface area contributed by atoms with Crippen LogP contribution >= 0.6 is 0 Å². The van der Waals surface area contributed by atoms with Crippen LogP contribution in [0.15, 0.2) is 36.4 Å². The molecule has 2 nitrogen and oxygen atoms in total. The largest absolute Gasteiger partial charge is 0.326 e. The number of nitrogens with two attached hydrogens (primary N) is 1. The minimum atomic E-state index is 0.289. The molecular formula is C16H24N2. The monoisotopic (exact) mass is 244 g/mol. The second-order valence-electron chi connectivity index (χ2n) is 5.51. The van der Waals surface area contributed by atoms with Gasteiger partial charge < -0.3 is 5.73 Å². The Bertz CT molecular complexity index is 395. The van der Waals surface area contributed by atoms with Gasteiger partial charge in [-0.15, -0.1) is 0 Å². The summed E-state index contributed by atoms with van der Waals surface area (Å²) in [6.07, 6.45) is 3.49. The molecule has 1 aliphatic heterocycles. The van der Waals surface area contributed by atoms with Crippen molar-refractivity contribution in [3.63, 3.8) is 0 Å². The van der Waals surface area contributed by atoms with Crippen LogP contribution in [0.4, 0.5) is 0 Å². The predicted octanol–water partition coefficient (Wildman–Crippen LogP) is 2.76. The summed E-state index contributed by atoms with van der Waals surface area (Å²) in [4.78, 5) is 2.46. The highest BCUT2D eigenvalue weighted by Gasteiger charge is 2.16. The molecule has 0 saturated carbocycles. The fraction of sp³-hybridized carbons (Fsp3) is 0.500. The molecule has 2 heteroatoms. The topological polar surface area (TPSA) is 29.3 Å². The Kier molecular flexibility index (Phi) is 4.56. The Morgan fingerprint density at radius 2 is 1.94 bits per heavy atom. The first-order chi connectivity index (χ1) is 8.66. The second-order valence-corrected chi connectivity index (χ2v) is 5.51. The Balaban J connectivity index is 1.92. The van der Waals surface area contributed by atoms with Crippen LogP contribution in [0.5, 0.6) is 0 Å². The molecule has 1 aromatic rings. The Morgan fingerprint density at radius 3 is 2.50 bits per heavy atom. The predicted molar refractivity (Wildman–Crippen MR) is 78.3 cm³/mol. The molecule has 0 bridgehead atoms. The van der Waals surface area contributed by atoms with Crippen molar-refractivity contribution in [1.82, 2.24) is 4.90 Å². The first-order valence-electron chi connectivity index (χ1n) is 6.89. The zero-order chi connectivity index (χ0) is 13.0. The van der Waals surface area contributed by atoms with Gasteiger partial charge >= 0.3 is 0 Å². The van der Waals surface area contributed by atoms with Crippen molar-refractivity contribution in [3.8, 4) is 0 Å². The van der Waals surface area contributed by atoms with Crippen LogP contribution in [-0.2, 0) is 0 Å². The Labute approximate surface area is 110 Å². The molecule has 1 aromatic carbocycles. The van der Waals surface area contributed by atoms with Crippen molar-refractivity contribution < 1.29 is 0 Å². The molecular weight excluding hydrogens is 220 g/mol. The number of hydrogen-bond donors (Lipinski definition) is 1. The number of nitrogens with zero attached hydrogens (tertiary/aromatic N) is 1. The van der Waals surface area contributed by atoms with E-state index in [-0.39, 0.29) is 6.04 Å². The smallest absolute Gasteiger partial charge is 0.0191 e. The second kappa shape index (κ2) is 6.17. The van der Waals surface area contributed by atoms with E-state index < -0.39 is 0 Å². The van der Waals surface area contributed by atoms with Crippen LogP contribution < -0.4 is 5.73 Å². The van der Waals surface area contributed by atoms with Gasteiger partial charge in [0.2, 0.25) is 0 Å². The SMILES string of the molecule is CC(C)[C@H](N)CN1CC=C(c2ccccc2)CC1. The van der Waals surface area contributed by atoms with Crippen molar-refractivity contribution in [2.75, 3.05) is 19.6 Å². The molecule has 98 valence electrons. The lowest BCUT2D eigenvalue weighted by atomic mass is 9.98. The van der Waals surface area contributed by atoms with E-state index in [1.165, 1.54) is 11.1 Å². The maximum Gasteiger partial charge on any atom is 0.0191 e. The number of benzene rings is 1. The molecule has 0 radical (unpaired) electrons. The summed E-state index contributed by atoms with van der Waals surface area (Å²) in [6.45, 7) is 7.56. The summed E-state index contributed by atoms with van der Waals surface area (Å²) in [7, 11) is 0. The van der Waals surface area contributed by atoms with E-state index in [9.17, 15) is 0 Å². The minimum Gasteiger partial charge on any atom is -0.326 e. The highest BCUT2D eigenvalue weighted by Crippen LogP contribution is 2.22. The number of hydrogen-bond acceptors (Lipinski definition) is 2. The third-order valence-corrected chi connectivity index (χ3v) is 3.76. The first kappa shape index (κ1) is 13.3. The van der Waals surface area contributed by atoms with Crippen molar-refractivity contribution >= 4 is 5.57 Å². The van der Waals surface area contributed by atoms with Gasteiger partial charge in [0.15, 0.2) is 0 Å². The molecule has 0 saturated heterocycles. The molecule has 0 amide bonds. The van der Waals surface area contributed by atoms with Gasteiger partial charge in [0.05, 0.1) is 0 Å². The van der Waals surface area contributed by atoms with Crippen molar-refractivity contribution in [2.45, 2.75) is 26.3 Å². The fourth-order valence-electron chi connectivity index (χ4n) is 2.30. The van der Waals surface area contributed by atoms with E-state index in [1.807, 2.05) is 0 Å². The summed E-state index contributed by atoms with van der Waals surface area (Å²) in [5.74, 6) is 0.560. The van der Waals surface area contributed by atoms with E-state index >= 15 is 0 Å². The molecule has 0 aromatic heterocycles. The van der Waals surface area contributed by atoms with Crippen molar-refractivity contribution in [2.24, 2.45) is 11.7 Å². The van der Waals surface area contributed by atoms with Gasteiger partial charge in [-0.2, -0.15) is 0 Å². The molecule has 1 atom stereocenters. The normalized spacial score (nSPS) is 18.8. The van der Waals surface area contributed by atoms with Gasteiger partial charge in [0, 0.05) is 25.7 Å². The van der Waals surface area contributed by atoms with E-state index in [0.717, 1.165) is 26.1 Å². The lowest BCUT2D eigenvalue weighted by Crippen LogP contribution is -2.42. The zero-order valence-corrected chi connectivity index (χ0v) is 11.5. The highest BCUT2D eigenvalue weighted by molar-refractivity contribution is 5.66. The van der Waals surface area contributed by atoms with Crippen LogP contribution in [0.3, 0.4) is 0 Å². The Morgan fingerprint density at radius 1 is 1.22 bits per heavy atom. The molecule has 0 unspecified atom stereocenters. The minimum absolute atomic E-state index is 0.289. The molecule has 2 rings (SSSR count). The molecule has 2 N–H and O–H groups in total. The molecule has 0 spiro atoms. The van der Waals surface area contributed by atoms with E-state index in [2.05, 4.69) is 55.2 Å². The third-order valence-electron chi connectivity index (χ3n) is 3.76. The molecule has 18 heavy (non-hydrogen) atoms. The van der Waals surface area contributed by atoms with Crippen molar-refractivity contribution in [3.05, 3.63) is 42.0 Å². The maximum atomic E-state index is 6.13. The average Bonchev–Trinajstić information content (AvgIpc) is 2.40. The quantitative estimate of drug-likeness (QED) is 0.882. The summed E-state index contributed by atoms with van der Waals surface area (Å²) in [5.41, 5.74) is 8.97. The standard InChI is InChI=1S/C16H24N2/c1-13(2)16(17)12-18-10-8-15(9-11-18)14-6-4-3-5-7-14/h3-8,13,16H,9-12,17H2,1-2H3/t16-/m1/s1. The summed E-state index contributed by atoms with van der Waals surface area (Å²) >= 11 is 0. The van der Waals surface area contributed by atoms with Gasteiger partial charge in [-0.3, -0.25) is 4.90 Å². The van der Waals surface area contributed by atoms with E-state index in [0.29, 0.717) is 5.92 Å². The van der Waals surface area contributed by atoms with Crippen LogP contribution in [-0.4, -0.2) is 30.6 Å². The van der Waals surface area contributed by atoms with Crippen molar-refractivity contribution in [1.29, 1.82) is 0 Å². The first-order valence-corrected chi connectivity index (χ1v) is 6.89. The molecule has 1 aliphatic rings. The lowest BCUT2D eigenvalue weighted by Gasteiger charge is -2.30. The molecule has 1 heterocycles. The van der Waals surface area contributed by atoms with E-state index in [4.69, 9.17) is 5.73 Å².